The fourth-order valence-corrected chi connectivity index (χ4v) is 2.74. The lowest BCUT2D eigenvalue weighted by atomic mass is 9.93. The summed E-state index contributed by atoms with van der Waals surface area (Å²) in [5, 5.41) is 3.25. The van der Waals surface area contributed by atoms with Crippen LogP contribution in [-0.2, 0) is 9.59 Å². The van der Waals surface area contributed by atoms with Crippen LogP contribution in [-0.4, -0.2) is 60.9 Å². The molecular formula is C13H23N3O2. The second-order valence-corrected chi connectivity index (χ2v) is 5.28. The summed E-state index contributed by atoms with van der Waals surface area (Å²) in [5.41, 5.74) is 0. The van der Waals surface area contributed by atoms with Crippen molar-refractivity contribution in [3.05, 3.63) is 0 Å². The van der Waals surface area contributed by atoms with Crippen molar-refractivity contribution in [2.45, 2.75) is 26.2 Å². The quantitative estimate of drug-likeness (QED) is 0.757. The van der Waals surface area contributed by atoms with Gasteiger partial charge in [0.2, 0.25) is 11.8 Å². The molecule has 0 aromatic carbocycles. The lowest BCUT2D eigenvalue weighted by Gasteiger charge is -2.33. The van der Waals surface area contributed by atoms with Crippen molar-refractivity contribution in [3.63, 3.8) is 0 Å². The zero-order chi connectivity index (χ0) is 13.0. The summed E-state index contributed by atoms with van der Waals surface area (Å²) in [6, 6.07) is 0. The Morgan fingerprint density at radius 2 is 1.67 bits per heavy atom. The van der Waals surface area contributed by atoms with Gasteiger partial charge in [-0.15, -0.1) is 0 Å². The van der Waals surface area contributed by atoms with Gasteiger partial charge in [-0.1, -0.05) is 0 Å². The summed E-state index contributed by atoms with van der Waals surface area (Å²) in [6.45, 7) is 6.75. The van der Waals surface area contributed by atoms with Gasteiger partial charge in [0.15, 0.2) is 0 Å². The lowest BCUT2D eigenvalue weighted by molar-refractivity contribution is -0.133. The monoisotopic (exact) mass is 253 g/mol. The van der Waals surface area contributed by atoms with E-state index in [1.165, 1.54) is 0 Å². The molecule has 2 amide bonds. The average molecular weight is 253 g/mol. The highest BCUT2D eigenvalue weighted by atomic mass is 16.2. The molecule has 1 N–H and O–H groups in total. The molecule has 0 spiro atoms. The first-order valence-corrected chi connectivity index (χ1v) is 6.91. The Kier molecular flexibility index (Phi) is 4.58. The van der Waals surface area contributed by atoms with E-state index < -0.39 is 0 Å². The van der Waals surface area contributed by atoms with Gasteiger partial charge >= 0.3 is 0 Å². The Morgan fingerprint density at radius 1 is 1.06 bits per heavy atom. The summed E-state index contributed by atoms with van der Waals surface area (Å²) < 4.78 is 0. The van der Waals surface area contributed by atoms with Crippen molar-refractivity contribution in [3.8, 4) is 0 Å². The molecule has 0 saturated carbocycles. The smallest absolute Gasteiger partial charge is 0.222 e. The number of nitrogens with one attached hydrogen (secondary N) is 1. The first-order valence-electron chi connectivity index (χ1n) is 6.91. The van der Waals surface area contributed by atoms with Crippen molar-refractivity contribution in [2.24, 2.45) is 5.92 Å². The highest BCUT2D eigenvalue weighted by Gasteiger charge is 2.25. The minimum atomic E-state index is 0.155. The third-order valence-electron chi connectivity index (χ3n) is 3.99. The van der Waals surface area contributed by atoms with E-state index in [4.69, 9.17) is 0 Å². The maximum absolute atomic E-state index is 12.1. The Hall–Kier alpha value is -1.10. The van der Waals surface area contributed by atoms with Crippen molar-refractivity contribution >= 4 is 11.8 Å². The van der Waals surface area contributed by atoms with Gasteiger partial charge in [-0.25, -0.2) is 0 Å². The highest BCUT2D eigenvalue weighted by molar-refractivity contribution is 5.76. The predicted octanol–water partition coefficient (Wildman–Crippen LogP) is 0.0668. The van der Waals surface area contributed by atoms with Gasteiger partial charge in [0, 0.05) is 52.6 Å². The van der Waals surface area contributed by atoms with Crippen LogP contribution < -0.4 is 5.32 Å². The molecular weight excluding hydrogens is 230 g/mol. The van der Waals surface area contributed by atoms with Gasteiger partial charge < -0.3 is 15.1 Å². The first kappa shape index (κ1) is 13.3. The number of piperidine rings is 1. The van der Waals surface area contributed by atoms with E-state index in [1.807, 2.05) is 9.80 Å². The third kappa shape index (κ3) is 3.45. The van der Waals surface area contributed by atoms with E-state index in [0.717, 1.165) is 52.1 Å². The van der Waals surface area contributed by atoms with Crippen molar-refractivity contribution in [1.29, 1.82) is 0 Å². The Balaban J connectivity index is 1.73. The molecule has 0 bridgehead atoms. The molecule has 2 aliphatic rings. The minimum Gasteiger partial charge on any atom is -0.343 e. The Bertz CT molecular complexity index is 305. The van der Waals surface area contributed by atoms with Gasteiger partial charge in [0.25, 0.3) is 0 Å². The molecule has 2 saturated heterocycles. The number of hydrogen-bond acceptors (Lipinski definition) is 3. The van der Waals surface area contributed by atoms with Crippen LogP contribution in [0.1, 0.15) is 26.2 Å². The zero-order valence-electron chi connectivity index (χ0n) is 11.2. The number of carbonyl (C=O) groups is 2. The molecule has 2 fully saturated rings. The molecule has 0 aromatic heterocycles. The maximum atomic E-state index is 12.1. The van der Waals surface area contributed by atoms with Crippen LogP contribution in [0.3, 0.4) is 0 Å². The molecule has 5 heteroatoms. The maximum Gasteiger partial charge on any atom is 0.222 e. The van der Waals surface area contributed by atoms with Crippen LogP contribution in [0.2, 0.25) is 0 Å². The molecule has 0 atom stereocenters. The summed E-state index contributed by atoms with van der Waals surface area (Å²) >= 11 is 0. The number of piperazine rings is 1. The van der Waals surface area contributed by atoms with E-state index in [1.54, 1.807) is 6.92 Å². The van der Waals surface area contributed by atoms with Crippen molar-refractivity contribution in [2.75, 3.05) is 39.3 Å². The molecule has 0 radical (unpaired) electrons. The Morgan fingerprint density at radius 3 is 2.22 bits per heavy atom. The van der Waals surface area contributed by atoms with E-state index in [0.29, 0.717) is 12.3 Å². The Labute approximate surface area is 108 Å². The van der Waals surface area contributed by atoms with Crippen LogP contribution in [0.15, 0.2) is 0 Å². The molecule has 2 heterocycles. The van der Waals surface area contributed by atoms with Gasteiger partial charge in [-0.3, -0.25) is 9.59 Å². The van der Waals surface area contributed by atoms with E-state index in [2.05, 4.69) is 5.32 Å². The number of likely N-dealkylation sites (tertiary alicyclic amines) is 1. The second kappa shape index (κ2) is 6.18. The standard InChI is InChI=1S/C13H23N3O2/c1-11(17)15-6-2-12(3-7-15)10-13(18)16-8-4-14-5-9-16/h12,14H,2-10H2,1H3. The largest absolute Gasteiger partial charge is 0.343 e. The summed E-state index contributed by atoms with van der Waals surface area (Å²) in [4.78, 5) is 27.2. The summed E-state index contributed by atoms with van der Waals surface area (Å²) in [5.74, 6) is 0.905. The molecule has 102 valence electrons. The molecule has 0 aliphatic carbocycles. The van der Waals surface area contributed by atoms with Gasteiger partial charge in [-0.2, -0.15) is 0 Å². The van der Waals surface area contributed by atoms with Gasteiger partial charge in [0.1, 0.15) is 0 Å². The average Bonchev–Trinajstić information content (AvgIpc) is 2.40. The number of rotatable bonds is 2. The minimum absolute atomic E-state index is 0.155. The van der Waals surface area contributed by atoms with Gasteiger partial charge in [0.05, 0.1) is 0 Å². The number of nitrogens with zero attached hydrogens (tertiary/aromatic N) is 2. The predicted molar refractivity (Wildman–Crippen MR) is 69.0 cm³/mol. The third-order valence-corrected chi connectivity index (χ3v) is 3.99. The summed E-state index contributed by atoms with van der Waals surface area (Å²) in [7, 11) is 0. The lowest BCUT2D eigenvalue weighted by Crippen LogP contribution is -2.47. The van der Waals surface area contributed by atoms with Crippen LogP contribution in [0, 0.1) is 5.92 Å². The zero-order valence-corrected chi connectivity index (χ0v) is 11.2. The topological polar surface area (TPSA) is 52.7 Å². The van der Waals surface area contributed by atoms with E-state index in [-0.39, 0.29) is 11.8 Å². The normalized spacial score (nSPS) is 22.1. The van der Waals surface area contributed by atoms with Crippen LogP contribution in [0.4, 0.5) is 0 Å². The molecule has 2 aliphatic heterocycles. The number of amides is 2. The van der Waals surface area contributed by atoms with Crippen molar-refractivity contribution in [1.82, 2.24) is 15.1 Å². The second-order valence-electron chi connectivity index (χ2n) is 5.28. The van der Waals surface area contributed by atoms with E-state index in [9.17, 15) is 9.59 Å². The van der Waals surface area contributed by atoms with Gasteiger partial charge in [-0.05, 0) is 18.8 Å². The number of hydrogen-bond donors (Lipinski definition) is 1. The fourth-order valence-electron chi connectivity index (χ4n) is 2.74. The fraction of sp³-hybridized carbons (Fsp3) is 0.846. The molecule has 18 heavy (non-hydrogen) atoms. The molecule has 5 nitrogen and oxygen atoms in total. The van der Waals surface area contributed by atoms with Crippen molar-refractivity contribution < 1.29 is 9.59 Å². The molecule has 2 rings (SSSR count). The molecule has 0 unspecified atom stereocenters. The first-order chi connectivity index (χ1) is 8.66. The number of carbonyl (C=O) groups excluding carboxylic acids is 2. The highest BCUT2D eigenvalue weighted by Crippen LogP contribution is 2.21. The summed E-state index contributed by atoms with van der Waals surface area (Å²) in [6.07, 6.45) is 2.60. The van der Waals surface area contributed by atoms with E-state index >= 15 is 0 Å². The SMILES string of the molecule is CC(=O)N1CCC(CC(=O)N2CCNCC2)CC1. The van der Waals surface area contributed by atoms with Crippen LogP contribution >= 0.6 is 0 Å². The molecule has 0 aromatic rings. The van der Waals surface area contributed by atoms with Crippen LogP contribution in [0.5, 0.6) is 0 Å². The van der Waals surface area contributed by atoms with Crippen LogP contribution in [0.25, 0.3) is 0 Å².